The number of nitrogens with one attached hydrogen (secondary N) is 3. The third-order valence-electron chi connectivity index (χ3n) is 5.57. The van der Waals surface area contributed by atoms with Crippen molar-refractivity contribution in [1.82, 2.24) is 15.3 Å². The second kappa shape index (κ2) is 5.19. The zero-order chi connectivity index (χ0) is 18.1. The molecule has 26 heavy (non-hydrogen) atoms. The zero-order valence-electron chi connectivity index (χ0n) is 14.8. The number of ketones is 1. The highest BCUT2D eigenvalue weighted by molar-refractivity contribution is 6.10. The Hall–Kier alpha value is -2.63. The van der Waals surface area contributed by atoms with E-state index in [0.29, 0.717) is 5.69 Å². The summed E-state index contributed by atoms with van der Waals surface area (Å²) in [5.41, 5.74) is 4.68. The minimum atomic E-state index is -1.67. The van der Waals surface area contributed by atoms with Crippen LogP contribution in [-0.2, 0) is 10.5 Å². The minimum absolute atomic E-state index is 0.199. The SMILES string of the molecule is Cc1c[nH]c2c1C(c1[nH]c3ccccc3c1C)=CC(=O)C2(O)NC1CC1. The molecule has 0 radical (unpaired) electrons. The van der Waals surface area contributed by atoms with Gasteiger partial charge in [-0.05, 0) is 50.0 Å². The van der Waals surface area contributed by atoms with Crippen molar-refractivity contribution < 1.29 is 9.90 Å². The molecule has 5 heteroatoms. The number of hydrogen-bond donors (Lipinski definition) is 4. The first-order valence-electron chi connectivity index (χ1n) is 9.01. The van der Waals surface area contributed by atoms with Crippen LogP contribution < -0.4 is 5.32 Å². The summed E-state index contributed by atoms with van der Waals surface area (Å²) in [5, 5.41) is 15.4. The van der Waals surface area contributed by atoms with Gasteiger partial charge in [-0.2, -0.15) is 0 Å². The van der Waals surface area contributed by atoms with Gasteiger partial charge in [-0.1, -0.05) is 18.2 Å². The molecule has 2 aromatic heterocycles. The van der Waals surface area contributed by atoms with E-state index in [2.05, 4.69) is 28.3 Å². The average Bonchev–Trinajstić information content (AvgIpc) is 3.25. The Labute approximate surface area is 151 Å². The molecule has 2 aliphatic rings. The van der Waals surface area contributed by atoms with Crippen LogP contribution in [0.15, 0.2) is 36.5 Å². The average molecular weight is 347 g/mol. The van der Waals surface area contributed by atoms with Crippen LogP contribution in [-0.4, -0.2) is 26.9 Å². The van der Waals surface area contributed by atoms with E-state index < -0.39 is 5.72 Å². The Balaban J connectivity index is 1.72. The molecule has 1 fully saturated rings. The topological polar surface area (TPSA) is 80.9 Å². The number of carbonyl (C=O) groups excluding carboxylic acids is 1. The van der Waals surface area contributed by atoms with E-state index in [4.69, 9.17) is 0 Å². The molecule has 1 aromatic carbocycles. The molecule has 5 rings (SSSR count). The fraction of sp³-hybridized carbons (Fsp3) is 0.286. The molecule has 5 nitrogen and oxygen atoms in total. The summed E-state index contributed by atoms with van der Waals surface area (Å²) < 4.78 is 0. The standard InChI is InChI=1S/C21H21N3O2/c1-11-10-22-20-18(11)15(9-17(25)21(20,26)24-13-7-8-13)19-12(2)14-5-3-4-6-16(14)23-19/h3-6,9-10,13,22-24,26H,7-8H2,1-2H3. The minimum Gasteiger partial charge on any atom is -0.364 e. The van der Waals surface area contributed by atoms with Gasteiger partial charge in [-0.15, -0.1) is 0 Å². The molecule has 2 heterocycles. The van der Waals surface area contributed by atoms with Gasteiger partial charge in [0.15, 0.2) is 0 Å². The van der Waals surface area contributed by atoms with Crippen molar-refractivity contribution in [2.45, 2.75) is 38.5 Å². The summed E-state index contributed by atoms with van der Waals surface area (Å²) in [4.78, 5) is 19.5. The molecule has 1 atom stereocenters. The number of aliphatic hydroxyl groups is 1. The maximum atomic E-state index is 12.9. The molecule has 132 valence electrons. The van der Waals surface area contributed by atoms with Crippen LogP contribution in [0, 0.1) is 13.8 Å². The molecular formula is C21H21N3O2. The molecule has 0 bridgehead atoms. The number of carbonyl (C=O) groups is 1. The summed E-state index contributed by atoms with van der Waals surface area (Å²) in [7, 11) is 0. The van der Waals surface area contributed by atoms with Crippen LogP contribution in [0.2, 0.25) is 0 Å². The molecule has 0 saturated heterocycles. The fourth-order valence-corrected chi connectivity index (χ4v) is 4.00. The van der Waals surface area contributed by atoms with E-state index in [1.54, 1.807) is 6.08 Å². The van der Waals surface area contributed by atoms with E-state index in [1.165, 1.54) is 0 Å². The normalized spacial score (nSPS) is 22.6. The summed E-state index contributed by atoms with van der Waals surface area (Å²) >= 11 is 0. The Kier molecular flexibility index (Phi) is 3.12. The molecule has 0 amide bonds. The fourth-order valence-electron chi connectivity index (χ4n) is 4.00. The van der Waals surface area contributed by atoms with Crippen LogP contribution in [0.1, 0.15) is 40.9 Å². The van der Waals surface area contributed by atoms with Gasteiger partial charge in [0.05, 0.1) is 11.4 Å². The molecule has 4 N–H and O–H groups in total. The van der Waals surface area contributed by atoms with E-state index in [9.17, 15) is 9.90 Å². The van der Waals surface area contributed by atoms with Crippen LogP contribution in [0.5, 0.6) is 0 Å². The van der Waals surface area contributed by atoms with Crippen molar-refractivity contribution in [3.8, 4) is 0 Å². The first-order chi connectivity index (χ1) is 12.5. The van der Waals surface area contributed by atoms with Gasteiger partial charge in [-0.3, -0.25) is 10.1 Å². The van der Waals surface area contributed by atoms with Crippen molar-refractivity contribution >= 4 is 22.3 Å². The van der Waals surface area contributed by atoms with Crippen molar-refractivity contribution in [2.24, 2.45) is 0 Å². The van der Waals surface area contributed by atoms with Gasteiger partial charge in [0.2, 0.25) is 11.5 Å². The van der Waals surface area contributed by atoms with Crippen LogP contribution in [0.4, 0.5) is 0 Å². The highest BCUT2D eigenvalue weighted by Crippen LogP contribution is 2.41. The van der Waals surface area contributed by atoms with Crippen molar-refractivity contribution in [3.63, 3.8) is 0 Å². The lowest BCUT2D eigenvalue weighted by Gasteiger charge is -2.31. The lowest BCUT2D eigenvalue weighted by Crippen LogP contribution is -2.51. The quantitative estimate of drug-likeness (QED) is 0.550. The Morgan fingerprint density at radius 1 is 1.23 bits per heavy atom. The third-order valence-corrected chi connectivity index (χ3v) is 5.57. The predicted octanol–water partition coefficient (Wildman–Crippen LogP) is 3.02. The molecule has 0 spiro atoms. The number of hydrogen-bond acceptors (Lipinski definition) is 3. The van der Waals surface area contributed by atoms with Crippen molar-refractivity contribution in [1.29, 1.82) is 0 Å². The Bertz CT molecular complexity index is 1080. The van der Waals surface area contributed by atoms with Crippen LogP contribution >= 0.6 is 0 Å². The Morgan fingerprint density at radius 2 is 2.00 bits per heavy atom. The molecule has 1 saturated carbocycles. The van der Waals surface area contributed by atoms with Crippen LogP contribution in [0.25, 0.3) is 16.5 Å². The lowest BCUT2D eigenvalue weighted by atomic mass is 9.85. The highest BCUT2D eigenvalue weighted by Gasteiger charge is 2.47. The van der Waals surface area contributed by atoms with Gasteiger partial charge < -0.3 is 15.1 Å². The van der Waals surface area contributed by atoms with Gasteiger partial charge >= 0.3 is 0 Å². The maximum absolute atomic E-state index is 12.9. The van der Waals surface area contributed by atoms with Crippen molar-refractivity contribution in [2.75, 3.05) is 0 Å². The molecule has 3 aromatic rings. The van der Waals surface area contributed by atoms with E-state index in [-0.39, 0.29) is 11.8 Å². The number of fused-ring (bicyclic) bond motifs is 2. The molecule has 0 aliphatic heterocycles. The summed E-state index contributed by atoms with van der Waals surface area (Å²) in [6.07, 6.45) is 5.41. The van der Waals surface area contributed by atoms with Crippen molar-refractivity contribution in [3.05, 3.63) is 64.6 Å². The molecular weight excluding hydrogens is 326 g/mol. The number of aromatic amines is 2. The summed E-state index contributed by atoms with van der Waals surface area (Å²) in [6.45, 7) is 4.05. The second-order valence-electron chi connectivity index (χ2n) is 7.44. The first kappa shape index (κ1) is 15.6. The highest BCUT2D eigenvalue weighted by atomic mass is 16.3. The Morgan fingerprint density at radius 3 is 2.73 bits per heavy atom. The third kappa shape index (κ3) is 2.08. The number of aryl methyl sites for hydroxylation is 2. The van der Waals surface area contributed by atoms with E-state index >= 15 is 0 Å². The number of aromatic nitrogens is 2. The smallest absolute Gasteiger partial charge is 0.222 e. The lowest BCUT2D eigenvalue weighted by molar-refractivity contribution is -0.138. The molecule has 2 aliphatic carbocycles. The second-order valence-corrected chi connectivity index (χ2v) is 7.44. The molecule has 1 unspecified atom stereocenters. The van der Waals surface area contributed by atoms with E-state index in [0.717, 1.165) is 51.7 Å². The van der Waals surface area contributed by atoms with Gasteiger partial charge in [-0.25, -0.2) is 0 Å². The number of para-hydroxylation sites is 1. The summed E-state index contributed by atoms with van der Waals surface area (Å²) in [5.74, 6) is -0.327. The van der Waals surface area contributed by atoms with Gasteiger partial charge in [0.25, 0.3) is 0 Å². The van der Waals surface area contributed by atoms with Gasteiger partial charge in [0, 0.05) is 34.3 Å². The number of H-pyrrole nitrogens is 2. The maximum Gasteiger partial charge on any atom is 0.222 e. The number of benzene rings is 1. The van der Waals surface area contributed by atoms with Gasteiger partial charge in [0.1, 0.15) is 0 Å². The number of rotatable bonds is 3. The predicted molar refractivity (Wildman–Crippen MR) is 101 cm³/mol. The van der Waals surface area contributed by atoms with E-state index in [1.807, 2.05) is 31.3 Å². The largest absolute Gasteiger partial charge is 0.364 e. The summed E-state index contributed by atoms with van der Waals surface area (Å²) in [6, 6.07) is 8.32. The monoisotopic (exact) mass is 347 g/mol. The first-order valence-corrected chi connectivity index (χ1v) is 9.01. The van der Waals surface area contributed by atoms with Crippen LogP contribution in [0.3, 0.4) is 0 Å². The zero-order valence-corrected chi connectivity index (χ0v) is 14.8.